The summed E-state index contributed by atoms with van der Waals surface area (Å²) in [5.41, 5.74) is 3.40. The van der Waals surface area contributed by atoms with Gasteiger partial charge in [-0.05, 0) is 41.7 Å². The summed E-state index contributed by atoms with van der Waals surface area (Å²) < 4.78 is 5.42. The van der Waals surface area contributed by atoms with Gasteiger partial charge in [0.1, 0.15) is 6.61 Å². The molecule has 1 amide bonds. The number of hydrogen-bond donors (Lipinski definition) is 0. The van der Waals surface area contributed by atoms with Crippen molar-refractivity contribution in [3.63, 3.8) is 0 Å². The number of carbonyl (C=O) groups excluding carboxylic acids is 2. The molecule has 1 fully saturated rings. The third-order valence-corrected chi connectivity index (χ3v) is 5.29. The molecule has 5 heteroatoms. The zero-order chi connectivity index (χ0) is 20.1. The van der Waals surface area contributed by atoms with Gasteiger partial charge in [-0.1, -0.05) is 44.2 Å². The van der Waals surface area contributed by atoms with E-state index in [2.05, 4.69) is 19.9 Å². The number of nitriles is 1. The number of anilines is 1. The molecule has 1 saturated heterocycles. The van der Waals surface area contributed by atoms with Crippen molar-refractivity contribution < 1.29 is 14.3 Å². The van der Waals surface area contributed by atoms with E-state index in [4.69, 9.17) is 10.00 Å². The summed E-state index contributed by atoms with van der Waals surface area (Å²) in [6, 6.07) is 16.9. The quantitative estimate of drug-likeness (QED) is 0.710. The molecule has 0 radical (unpaired) electrons. The molecular formula is C23H24N2O3. The average Bonchev–Trinajstić information content (AvgIpc) is 3.13. The molecular weight excluding hydrogens is 352 g/mol. The van der Waals surface area contributed by atoms with Gasteiger partial charge < -0.3 is 9.64 Å². The van der Waals surface area contributed by atoms with Crippen LogP contribution in [0.2, 0.25) is 0 Å². The molecule has 0 saturated carbocycles. The van der Waals surface area contributed by atoms with Crippen molar-refractivity contribution in [1.82, 2.24) is 0 Å². The second-order valence-corrected chi connectivity index (χ2v) is 7.19. The van der Waals surface area contributed by atoms with Crippen LogP contribution in [0, 0.1) is 17.2 Å². The predicted molar refractivity (Wildman–Crippen MR) is 107 cm³/mol. The molecule has 5 nitrogen and oxygen atoms in total. The lowest BCUT2D eigenvalue weighted by Crippen LogP contribution is -2.27. The molecule has 1 aliphatic rings. The minimum atomic E-state index is -0.462. The monoisotopic (exact) mass is 376 g/mol. The lowest BCUT2D eigenvalue weighted by molar-refractivity contribution is -0.149. The van der Waals surface area contributed by atoms with Crippen molar-refractivity contribution in [2.24, 2.45) is 5.92 Å². The van der Waals surface area contributed by atoms with E-state index in [0.717, 1.165) is 23.2 Å². The van der Waals surface area contributed by atoms with Gasteiger partial charge in [-0.15, -0.1) is 0 Å². The second kappa shape index (κ2) is 8.71. The molecule has 0 aromatic heterocycles. The van der Waals surface area contributed by atoms with Gasteiger partial charge in [0.25, 0.3) is 0 Å². The molecule has 0 unspecified atom stereocenters. The Balaban J connectivity index is 1.65. The lowest BCUT2D eigenvalue weighted by Gasteiger charge is -2.23. The lowest BCUT2D eigenvalue weighted by atomic mass is 9.96. The Morgan fingerprint density at radius 3 is 2.64 bits per heavy atom. The van der Waals surface area contributed by atoms with Crippen molar-refractivity contribution in [2.75, 3.05) is 11.4 Å². The number of ether oxygens (including phenoxy) is 1. The van der Waals surface area contributed by atoms with Crippen molar-refractivity contribution in [3.05, 3.63) is 65.2 Å². The van der Waals surface area contributed by atoms with Crippen molar-refractivity contribution in [1.29, 1.82) is 5.26 Å². The van der Waals surface area contributed by atoms with Crippen LogP contribution in [0.1, 0.15) is 49.3 Å². The van der Waals surface area contributed by atoms with Gasteiger partial charge in [-0.3, -0.25) is 9.59 Å². The smallest absolute Gasteiger partial charge is 0.311 e. The van der Waals surface area contributed by atoms with Gasteiger partial charge in [0.05, 0.1) is 17.6 Å². The Morgan fingerprint density at radius 1 is 1.25 bits per heavy atom. The third-order valence-electron chi connectivity index (χ3n) is 5.29. The van der Waals surface area contributed by atoms with Crippen LogP contribution in [0.25, 0.3) is 0 Å². The molecule has 2 atom stereocenters. The molecule has 28 heavy (non-hydrogen) atoms. The summed E-state index contributed by atoms with van der Waals surface area (Å²) >= 11 is 0. The van der Waals surface area contributed by atoms with Crippen molar-refractivity contribution in [3.8, 4) is 6.07 Å². The summed E-state index contributed by atoms with van der Waals surface area (Å²) in [7, 11) is 0. The minimum absolute atomic E-state index is 0.0453. The largest absolute Gasteiger partial charge is 0.461 e. The van der Waals surface area contributed by atoms with Gasteiger partial charge in [0.15, 0.2) is 0 Å². The highest BCUT2D eigenvalue weighted by Crippen LogP contribution is 2.33. The molecule has 0 aliphatic carbocycles. The first kappa shape index (κ1) is 19.6. The van der Waals surface area contributed by atoms with Crippen LogP contribution in [-0.2, 0) is 20.9 Å². The summed E-state index contributed by atoms with van der Waals surface area (Å²) in [6.07, 6.45) is 1.15. The van der Waals surface area contributed by atoms with Crippen LogP contribution in [0.3, 0.4) is 0 Å². The number of hydrogen-bond acceptors (Lipinski definition) is 4. The van der Waals surface area contributed by atoms with E-state index < -0.39 is 5.92 Å². The SMILES string of the molecule is CC[C@H](C)c1ccccc1N1C[C@@H](C(=O)OCc2ccc(C#N)cc2)CC1=O. The highest BCUT2D eigenvalue weighted by Gasteiger charge is 2.37. The molecule has 0 spiro atoms. The van der Waals surface area contributed by atoms with Crippen LogP contribution in [0.5, 0.6) is 0 Å². The van der Waals surface area contributed by atoms with E-state index in [0.29, 0.717) is 18.0 Å². The van der Waals surface area contributed by atoms with Gasteiger partial charge in [0.2, 0.25) is 5.91 Å². The fourth-order valence-corrected chi connectivity index (χ4v) is 3.42. The van der Waals surface area contributed by atoms with Crippen molar-refractivity contribution in [2.45, 2.75) is 39.2 Å². The average molecular weight is 376 g/mol. The van der Waals surface area contributed by atoms with Crippen LogP contribution in [0.4, 0.5) is 5.69 Å². The van der Waals surface area contributed by atoms with E-state index in [-0.39, 0.29) is 24.9 Å². The number of benzene rings is 2. The maximum absolute atomic E-state index is 12.6. The van der Waals surface area contributed by atoms with Gasteiger partial charge >= 0.3 is 5.97 Å². The first-order chi connectivity index (χ1) is 13.5. The number of rotatable bonds is 6. The Bertz CT molecular complexity index is 899. The molecule has 2 aromatic rings. The van der Waals surface area contributed by atoms with Crippen LogP contribution in [-0.4, -0.2) is 18.4 Å². The second-order valence-electron chi connectivity index (χ2n) is 7.19. The Morgan fingerprint density at radius 2 is 1.96 bits per heavy atom. The number of para-hydroxylation sites is 1. The summed E-state index contributed by atoms with van der Waals surface area (Å²) in [6.45, 7) is 4.75. The molecule has 1 aliphatic heterocycles. The molecule has 3 rings (SSSR count). The Hall–Kier alpha value is -3.13. The number of nitrogens with zero attached hydrogens (tertiary/aromatic N) is 2. The normalized spacial score (nSPS) is 17.2. The first-order valence-corrected chi connectivity index (χ1v) is 9.58. The molecule has 2 aromatic carbocycles. The maximum atomic E-state index is 12.6. The summed E-state index contributed by atoms with van der Waals surface area (Å²) in [5.74, 6) is -0.528. The summed E-state index contributed by atoms with van der Waals surface area (Å²) in [5, 5.41) is 8.83. The van der Waals surface area contributed by atoms with E-state index in [1.807, 2.05) is 24.3 Å². The summed E-state index contributed by atoms with van der Waals surface area (Å²) in [4.78, 5) is 26.8. The van der Waals surface area contributed by atoms with Crippen LogP contribution < -0.4 is 4.90 Å². The number of esters is 1. The maximum Gasteiger partial charge on any atom is 0.311 e. The predicted octanol–water partition coefficient (Wildman–Crippen LogP) is 4.17. The number of carbonyl (C=O) groups is 2. The van der Waals surface area contributed by atoms with Crippen molar-refractivity contribution >= 4 is 17.6 Å². The molecule has 144 valence electrons. The van der Waals surface area contributed by atoms with Gasteiger partial charge in [0, 0.05) is 18.7 Å². The Labute approximate surface area is 165 Å². The van der Waals surface area contributed by atoms with E-state index >= 15 is 0 Å². The minimum Gasteiger partial charge on any atom is -0.461 e. The third kappa shape index (κ3) is 4.23. The van der Waals surface area contributed by atoms with Crippen LogP contribution in [0.15, 0.2) is 48.5 Å². The molecule has 0 bridgehead atoms. The number of amides is 1. The first-order valence-electron chi connectivity index (χ1n) is 9.58. The Kier molecular flexibility index (Phi) is 6.10. The highest BCUT2D eigenvalue weighted by molar-refractivity contribution is 6.00. The topological polar surface area (TPSA) is 70.4 Å². The van der Waals surface area contributed by atoms with E-state index in [1.165, 1.54) is 0 Å². The van der Waals surface area contributed by atoms with Gasteiger partial charge in [-0.2, -0.15) is 5.26 Å². The zero-order valence-electron chi connectivity index (χ0n) is 16.2. The fourth-order valence-electron chi connectivity index (χ4n) is 3.42. The zero-order valence-corrected chi connectivity index (χ0v) is 16.2. The highest BCUT2D eigenvalue weighted by atomic mass is 16.5. The van der Waals surface area contributed by atoms with Gasteiger partial charge in [-0.25, -0.2) is 0 Å². The molecule has 0 N–H and O–H groups in total. The standard InChI is InChI=1S/C23H24N2O3/c1-3-16(2)20-6-4-5-7-21(20)25-14-19(12-22(25)26)23(27)28-15-18-10-8-17(13-24)9-11-18/h4-11,16,19H,3,12,14-15H2,1-2H3/t16-,19-/m0/s1. The van der Waals surface area contributed by atoms with E-state index in [1.54, 1.807) is 29.2 Å². The fraction of sp³-hybridized carbons (Fsp3) is 0.348. The van der Waals surface area contributed by atoms with E-state index in [9.17, 15) is 9.59 Å². The van der Waals surface area contributed by atoms with Crippen LogP contribution >= 0.6 is 0 Å². The molecule has 1 heterocycles.